The maximum atomic E-state index is 5.74. The van der Waals surface area contributed by atoms with Gasteiger partial charge in [-0.3, -0.25) is 0 Å². The Morgan fingerprint density at radius 3 is 2.75 bits per heavy atom. The first kappa shape index (κ1) is 11.6. The molecule has 0 bridgehead atoms. The number of benzene rings is 1. The molecule has 2 rings (SSSR count). The highest BCUT2D eigenvalue weighted by Gasteiger charge is 2.15. The second-order valence-corrected chi connectivity index (χ2v) is 4.69. The Morgan fingerprint density at radius 2 is 2.06 bits per heavy atom. The van der Waals surface area contributed by atoms with Crippen molar-refractivity contribution in [3.05, 3.63) is 34.4 Å². The number of ether oxygens (including phenoxy) is 1. The smallest absolute Gasteiger partial charge is 0.0740 e. The van der Waals surface area contributed by atoms with E-state index < -0.39 is 0 Å². The van der Waals surface area contributed by atoms with E-state index in [1.807, 2.05) is 0 Å². The van der Waals surface area contributed by atoms with Gasteiger partial charge in [-0.25, -0.2) is 0 Å². The fraction of sp³-hybridized carbons (Fsp3) is 0.571. The van der Waals surface area contributed by atoms with E-state index in [1.165, 1.54) is 22.3 Å². The van der Waals surface area contributed by atoms with Gasteiger partial charge in [0.25, 0.3) is 0 Å². The van der Waals surface area contributed by atoms with Crippen LogP contribution in [0.4, 0.5) is 0 Å². The molecule has 0 amide bonds. The third kappa shape index (κ3) is 2.45. The topological polar surface area (TPSA) is 21.3 Å². The molecule has 1 atom stereocenters. The van der Waals surface area contributed by atoms with Crippen LogP contribution in [-0.2, 0) is 11.2 Å². The van der Waals surface area contributed by atoms with Gasteiger partial charge in [0.05, 0.1) is 12.7 Å². The molecule has 1 aromatic rings. The molecule has 1 aliphatic rings. The fourth-order valence-corrected chi connectivity index (χ4v) is 2.23. The third-order valence-electron chi connectivity index (χ3n) is 3.62. The van der Waals surface area contributed by atoms with Crippen LogP contribution < -0.4 is 5.32 Å². The Hall–Kier alpha value is -0.860. The van der Waals surface area contributed by atoms with Gasteiger partial charge in [0, 0.05) is 19.5 Å². The highest BCUT2D eigenvalue weighted by Crippen LogP contribution is 2.19. The minimum Gasteiger partial charge on any atom is -0.375 e. The van der Waals surface area contributed by atoms with Crippen LogP contribution in [0.25, 0.3) is 0 Å². The minimum atomic E-state index is 0.342. The summed E-state index contributed by atoms with van der Waals surface area (Å²) in [6.45, 7) is 9.40. The molecule has 0 aromatic heterocycles. The lowest BCUT2D eigenvalue weighted by Gasteiger charge is -2.24. The quantitative estimate of drug-likeness (QED) is 0.823. The van der Waals surface area contributed by atoms with Crippen LogP contribution in [0, 0.1) is 20.8 Å². The largest absolute Gasteiger partial charge is 0.375 e. The second kappa shape index (κ2) is 4.98. The molecule has 1 aliphatic heterocycles. The van der Waals surface area contributed by atoms with Gasteiger partial charge in [-0.05, 0) is 43.0 Å². The summed E-state index contributed by atoms with van der Waals surface area (Å²) in [5.41, 5.74) is 5.65. The summed E-state index contributed by atoms with van der Waals surface area (Å²) < 4.78 is 5.74. The third-order valence-corrected chi connectivity index (χ3v) is 3.62. The van der Waals surface area contributed by atoms with Crippen molar-refractivity contribution in [3.63, 3.8) is 0 Å². The molecule has 1 fully saturated rings. The van der Waals surface area contributed by atoms with Crippen molar-refractivity contribution < 1.29 is 4.74 Å². The Balaban J connectivity index is 2.11. The zero-order valence-electron chi connectivity index (χ0n) is 10.5. The number of morpholine rings is 1. The molecule has 0 spiro atoms. The SMILES string of the molecule is Cc1ccc(CC2CNCCO2)c(C)c1C. The van der Waals surface area contributed by atoms with E-state index in [4.69, 9.17) is 4.74 Å². The lowest BCUT2D eigenvalue weighted by atomic mass is 9.95. The Bertz CT molecular complexity index is 367. The summed E-state index contributed by atoms with van der Waals surface area (Å²) in [5, 5.41) is 3.38. The lowest BCUT2D eigenvalue weighted by Crippen LogP contribution is -2.39. The normalized spacial score (nSPS) is 21.1. The molecule has 0 aliphatic carbocycles. The highest BCUT2D eigenvalue weighted by atomic mass is 16.5. The van der Waals surface area contributed by atoms with Gasteiger partial charge in [-0.1, -0.05) is 12.1 Å². The monoisotopic (exact) mass is 219 g/mol. The van der Waals surface area contributed by atoms with E-state index >= 15 is 0 Å². The van der Waals surface area contributed by atoms with E-state index in [9.17, 15) is 0 Å². The van der Waals surface area contributed by atoms with Crippen molar-refractivity contribution in [1.82, 2.24) is 5.32 Å². The average Bonchev–Trinajstić information content (AvgIpc) is 2.31. The molecular weight excluding hydrogens is 198 g/mol. The maximum Gasteiger partial charge on any atom is 0.0740 e. The summed E-state index contributed by atoms with van der Waals surface area (Å²) >= 11 is 0. The molecule has 1 heterocycles. The molecular formula is C14H21NO. The molecule has 0 radical (unpaired) electrons. The first-order valence-electron chi connectivity index (χ1n) is 6.06. The van der Waals surface area contributed by atoms with Crippen molar-refractivity contribution >= 4 is 0 Å². The van der Waals surface area contributed by atoms with Crippen molar-refractivity contribution in [2.75, 3.05) is 19.7 Å². The van der Waals surface area contributed by atoms with Crippen molar-refractivity contribution in [3.8, 4) is 0 Å². The molecule has 1 unspecified atom stereocenters. The van der Waals surface area contributed by atoms with Crippen LogP contribution >= 0.6 is 0 Å². The van der Waals surface area contributed by atoms with E-state index in [-0.39, 0.29) is 0 Å². The molecule has 2 heteroatoms. The van der Waals surface area contributed by atoms with E-state index in [1.54, 1.807) is 0 Å². The van der Waals surface area contributed by atoms with Crippen LogP contribution in [0.1, 0.15) is 22.3 Å². The number of nitrogens with one attached hydrogen (secondary N) is 1. The molecule has 1 saturated heterocycles. The highest BCUT2D eigenvalue weighted by molar-refractivity contribution is 5.39. The predicted molar refractivity (Wildman–Crippen MR) is 67.0 cm³/mol. The van der Waals surface area contributed by atoms with Gasteiger partial charge in [-0.15, -0.1) is 0 Å². The molecule has 1 N–H and O–H groups in total. The van der Waals surface area contributed by atoms with Gasteiger partial charge in [0.2, 0.25) is 0 Å². The van der Waals surface area contributed by atoms with Crippen LogP contribution in [0.3, 0.4) is 0 Å². The zero-order chi connectivity index (χ0) is 11.5. The second-order valence-electron chi connectivity index (χ2n) is 4.69. The predicted octanol–water partition coefficient (Wildman–Crippen LogP) is 2.14. The van der Waals surface area contributed by atoms with Crippen molar-refractivity contribution in [2.24, 2.45) is 0 Å². The first-order chi connectivity index (χ1) is 7.68. The molecule has 88 valence electrons. The van der Waals surface area contributed by atoms with Gasteiger partial charge in [-0.2, -0.15) is 0 Å². The summed E-state index contributed by atoms with van der Waals surface area (Å²) in [7, 11) is 0. The molecule has 2 nitrogen and oxygen atoms in total. The maximum absolute atomic E-state index is 5.74. The fourth-order valence-electron chi connectivity index (χ4n) is 2.23. The summed E-state index contributed by atoms with van der Waals surface area (Å²) in [5.74, 6) is 0. The summed E-state index contributed by atoms with van der Waals surface area (Å²) in [6, 6.07) is 4.46. The van der Waals surface area contributed by atoms with E-state index in [2.05, 4.69) is 38.2 Å². The van der Waals surface area contributed by atoms with Crippen molar-refractivity contribution in [1.29, 1.82) is 0 Å². The number of rotatable bonds is 2. The van der Waals surface area contributed by atoms with Gasteiger partial charge in [0.1, 0.15) is 0 Å². The summed E-state index contributed by atoms with van der Waals surface area (Å²) in [4.78, 5) is 0. The van der Waals surface area contributed by atoms with Gasteiger partial charge < -0.3 is 10.1 Å². The van der Waals surface area contributed by atoms with Gasteiger partial charge >= 0.3 is 0 Å². The van der Waals surface area contributed by atoms with E-state index in [0.29, 0.717) is 6.10 Å². The van der Waals surface area contributed by atoms with Crippen LogP contribution in [-0.4, -0.2) is 25.8 Å². The van der Waals surface area contributed by atoms with Crippen molar-refractivity contribution in [2.45, 2.75) is 33.3 Å². The standard InChI is InChI=1S/C14H21NO/c1-10-4-5-13(12(3)11(10)2)8-14-9-15-6-7-16-14/h4-5,14-15H,6-9H2,1-3H3. The number of aryl methyl sites for hydroxylation is 1. The zero-order valence-corrected chi connectivity index (χ0v) is 10.5. The number of hydrogen-bond acceptors (Lipinski definition) is 2. The Kier molecular flexibility index (Phi) is 3.62. The van der Waals surface area contributed by atoms with Crippen LogP contribution in [0.5, 0.6) is 0 Å². The molecule has 16 heavy (non-hydrogen) atoms. The van der Waals surface area contributed by atoms with Gasteiger partial charge in [0.15, 0.2) is 0 Å². The Morgan fingerprint density at radius 1 is 1.25 bits per heavy atom. The number of hydrogen-bond donors (Lipinski definition) is 1. The summed E-state index contributed by atoms with van der Waals surface area (Å²) in [6.07, 6.45) is 1.37. The minimum absolute atomic E-state index is 0.342. The molecule has 0 saturated carbocycles. The molecule has 1 aromatic carbocycles. The average molecular weight is 219 g/mol. The lowest BCUT2D eigenvalue weighted by molar-refractivity contribution is 0.0291. The first-order valence-corrected chi connectivity index (χ1v) is 6.06. The van der Waals surface area contributed by atoms with Crippen LogP contribution in [0.2, 0.25) is 0 Å². The van der Waals surface area contributed by atoms with Crippen LogP contribution in [0.15, 0.2) is 12.1 Å². The Labute approximate surface area is 98.0 Å². The van der Waals surface area contributed by atoms with E-state index in [0.717, 1.165) is 26.1 Å².